The van der Waals surface area contributed by atoms with Crippen molar-refractivity contribution in [3.05, 3.63) is 109 Å². The number of carbonyl (C=O) groups excluding carboxylic acids is 3. The summed E-state index contributed by atoms with van der Waals surface area (Å²) in [5.41, 5.74) is 0. The molecule has 1 atom stereocenters. The summed E-state index contributed by atoms with van der Waals surface area (Å²) in [6.45, 7) is 6.43. The van der Waals surface area contributed by atoms with Crippen LogP contribution in [0.1, 0.15) is 252 Å². The minimum atomic E-state index is -0.806. The van der Waals surface area contributed by atoms with Gasteiger partial charge in [-0.3, -0.25) is 14.4 Å². The number of unbranched alkanes of at least 4 members (excludes halogenated alkanes) is 21. The van der Waals surface area contributed by atoms with Crippen molar-refractivity contribution in [2.75, 3.05) is 13.2 Å². The lowest BCUT2D eigenvalue weighted by Crippen LogP contribution is -2.30. The number of allylic oxidation sites excluding steroid dienone is 18. The molecule has 0 rings (SSSR count). The highest BCUT2D eigenvalue weighted by Gasteiger charge is 2.19. The molecule has 0 bridgehead atoms. The summed E-state index contributed by atoms with van der Waals surface area (Å²) in [7, 11) is 0. The van der Waals surface area contributed by atoms with E-state index in [1.807, 2.05) is 0 Å². The first-order valence-corrected chi connectivity index (χ1v) is 28.4. The zero-order valence-corrected chi connectivity index (χ0v) is 44.8. The third-order valence-electron chi connectivity index (χ3n) is 11.7. The molecule has 0 aliphatic heterocycles. The Kier molecular flexibility index (Phi) is 53.4. The second-order valence-corrected chi connectivity index (χ2v) is 18.5. The fourth-order valence-electron chi connectivity index (χ4n) is 7.47. The molecule has 0 amide bonds. The van der Waals surface area contributed by atoms with Crippen LogP contribution in [0.5, 0.6) is 0 Å². The maximum atomic E-state index is 12.9. The van der Waals surface area contributed by atoms with Gasteiger partial charge < -0.3 is 14.2 Å². The van der Waals surface area contributed by atoms with E-state index in [1.165, 1.54) is 77.0 Å². The largest absolute Gasteiger partial charge is 0.462 e. The molecule has 0 aromatic carbocycles. The zero-order valence-electron chi connectivity index (χ0n) is 44.8. The van der Waals surface area contributed by atoms with Crippen LogP contribution in [0.15, 0.2) is 109 Å². The van der Waals surface area contributed by atoms with Gasteiger partial charge in [-0.15, -0.1) is 0 Å². The minimum absolute atomic E-state index is 0.101. The maximum Gasteiger partial charge on any atom is 0.306 e. The fourth-order valence-corrected chi connectivity index (χ4v) is 7.47. The summed E-state index contributed by atoms with van der Waals surface area (Å²) >= 11 is 0. The van der Waals surface area contributed by atoms with Gasteiger partial charge in [0.05, 0.1) is 0 Å². The Balaban J connectivity index is 4.50. The molecule has 392 valence electrons. The van der Waals surface area contributed by atoms with Crippen molar-refractivity contribution in [1.82, 2.24) is 0 Å². The van der Waals surface area contributed by atoms with Crippen molar-refractivity contribution in [2.24, 2.45) is 0 Å². The molecule has 0 fully saturated rings. The van der Waals surface area contributed by atoms with Crippen molar-refractivity contribution in [3.63, 3.8) is 0 Å². The molecule has 0 unspecified atom stereocenters. The lowest BCUT2D eigenvalue weighted by molar-refractivity contribution is -0.167. The normalized spacial score (nSPS) is 12.9. The van der Waals surface area contributed by atoms with Gasteiger partial charge in [-0.05, 0) is 128 Å². The van der Waals surface area contributed by atoms with E-state index in [4.69, 9.17) is 14.2 Å². The lowest BCUT2D eigenvalue weighted by Gasteiger charge is -2.18. The Bertz CT molecular complexity index is 1420. The van der Waals surface area contributed by atoms with E-state index in [0.717, 1.165) is 135 Å². The summed E-state index contributed by atoms with van der Waals surface area (Å²) in [5.74, 6) is -0.955. The molecule has 0 N–H and O–H groups in total. The van der Waals surface area contributed by atoms with Gasteiger partial charge in [-0.2, -0.15) is 0 Å². The van der Waals surface area contributed by atoms with Gasteiger partial charge in [-0.25, -0.2) is 0 Å². The molecule has 0 saturated carbocycles. The number of hydrogen-bond acceptors (Lipinski definition) is 6. The highest BCUT2D eigenvalue weighted by molar-refractivity contribution is 5.71. The van der Waals surface area contributed by atoms with E-state index in [9.17, 15) is 14.4 Å². The first-order valence-electron chi connectivity index (χ1n) is 28.4. The van der Waals surface area contributed by atoms with Crippen LogP contribution in [-0.2, 0) is 28.6 Å². The highest BCUT2D eigenvalue weighted by Crippen LogP contribution is 2.13. The SMILES string of the molecule is CC/C=C\C/C=C\C/C=C\C/C=C\CCCCCCC(=O)OC[C@H](COC(=O)CCCCCCCCC/C=C\C/C=C\CCCCC)OC(=O)CCCCCC/C=C\C/C=C\C/C=C\CCCCC. The third kappa shape index (κ3) is 54.9. The van der Waals surface area contributed by atoms with Gasteiger partial charge in [0.2, 0.25) is 0 Å². The maximum absolute atomic E-state index is 12.9. The van der Waals surface area contributed by atoms with Crippen LogP contribution in [0, 0.1) is 0 Å². The summed E-state index contributed by atoms with van der Waals surface area (Å²) in [4.78, 5) is 38.2. The number of esters is 3. The molecular formula is C63H104O6. The number of rotatable bonds is 50. The molecule has 0 aromatic heterocycles. The molecule has 6 nitrogen and oxygen atoms in total. The molecular weight excluding hydrogens is 853 g/mol. The van der Waals surface area contributed by atoms with Gasteiger partial charge in [-0.1, -0.05) is 214 Å². The van der Waals surface area contributed by atoms with Gasteiger partial charge >= 0.3 is 17.9 Å². The predicted molar refractivity (Wildman–Crippen MR) is 297 cm³/mol. The average molecular weight is 958 g/mol. The Morgan fingerprint density at radius 1 is 0.304 bits per heavy atom. The predicted octanol–water partition coefficient (Wildman–Crippen LogP) is 19.1. The molecule has 0 radical (unpaired) electrons. The molecule has 0 spiro atoms. The zero-order chi connectivity index (χ0) is 50.0. The smallest absolute Gasteiger partial charge is 0.306 e. The third-order valence-corrected chi connectivity index (χ3v) is 11.7. The van der Waals surface area contributed by atoms with Crippen molar-refractivity contribution in [2.45, 2.75) is 258 Å². The van der Waals surface area contributed by atoms with Crippen LogP contribution >= 0.6 is 0 Å². The van der Waals surface area contributed by atoms with Gasteiger partial charge in [0.25, 0.3) is 0 Å². The van der Waals surface area contributed by atoms with E-state index in [-0.39, 0.29) is 31.1 Å². The number of hydrogen-bond donors (Lipinski definition) is 0. The molecule has 0 aliphatic carbocycles. The Hall–Kier alpha value is -3.93. The topological polar surface area (TPSA) is 78.9 Å². The van der Waals surface area contributed by atoms with E-state index >= 15 is 0 Å². The number of carbonyl (C=O) groups is 3. The fraction of sp³-hybridized carbons (Fsp3) is 0.667. The molecule has 0 aromatic rings. The van der Waals surface area contributed by atoms with Crippen LogP contribution < -0.4 is 0 Å². The molecule has 6 heteroatoms. The average Bonchev–Trinajstić information content (AvgIpc) is 3.35. The lowest BCUT2D eigenvalue weighted by atomic mass is 10.1. The Labute approximate surface area is 425 Å². The van der Waals surface area contributed by atoms with Gasteiger partial charge in [0.15, 0.2) is 6.10 Å². The second kappa shape index (κ2) is 56.7. The summed E-state index contributed by atoms with van der Waals surface area (Å²) in [6, 6.07) is 0. The van der Waals surface area contributed by atoms with E-state index in [0.29, 0.717) is 19.3 Å². The van der Waals surface area contributed by atoms with Crippen molar-refractivity contribution in [1.29, 1.82) is 0 Å². The van der Waals surface area contributed by atoms with Gasteiger partial charge in [0.1, 0.15) is 13.2 Å². The molecule has 0 heterocycles. The van der Waals surface area contributed by atoms with Crippen LogP contribution in [0.3, 0.4) is 0 Å². The van der Waals surface area contributed by atoms with Crippen LogP contribution in [0.4, 0.5) is 0 Å². The second-order valence-electron chi connectivity index (χ2n) is 18.5. The van der Waals surface area contributed by atoms with E-state index < -0.39 is 6.10 Å². The van der Waals surface area contributed by atoms with Crippen molar-refractivity contribution < 1.29 is 28.6 Å². The van der Waals surface area contributed by atoms with Crippen molar-refractivity contribution in [3.8, 4) is 0 Å². The van der Waals surface area contributed by atoms with Crippen LogP contribution in [0.2, 0.25) is 0 Å². The Morgan fingerprint density at radius 2 is 0.565 bits per heavy atom. The summed E-state index contributed by atoms with van der Waals surface area (Å²) < 4.78 is 16.8. The highest BCUT2D eigenvalue weighted by atomic mass is 16.6. The first-order chi connectivity index (χ1) is 34.0. The monoisotopic (exact) mass is 957 g/mol. The van der Waals surface area contributed by atoms with Crippen molar-refractivity contribution >= 4 is 17.9 Å². The van der Waals surface area contributed by atoms with Gasteiger partial charge in [0, 0.05) is 19.3 Å². The summed E-state index contributed by atoms with van der Waals surface area (Å²) in [5, 5.41) is 0. The standard InChI is InChI=1S/C63H104O6/c1-4-7-10-13-16-19-22-25-28-31-34-37-40-43-46-49-52-55-61(64)67-58-60(69-63(66)57-54-51-48-45-42-39-36-33-30-27-24-21-18-15-12-9-6-3)59-68-62(65)56-53-50-47-44-41-38-35-32-29-26-23-20-17-14-11-8-5-2/h7,10,16-21,25-30,34,36-37,39,60H,4-6,8-9,11-15,22-24,31-33,35,38,40-59H2,1-3H3/b10-7-,19-16-,20-17-,21-18-,28-25-,29-26-,30-27-,37-34-,39-36-/t60-/m1/s1. The molecule has 0 saturated heterocycles. The molecule has 0 aliphatic rings. The Morgan fingerprint density at radius 3 is 0.884 bits per heavy atom. The van der Waals surface area contributed by atoms with Crippen LogP contribution in [-0.4, -0.2) is 37.2 Å². The summed E-state index contributed by atoms with van der Waals surface area (Å²) in [6.07, 6.45) is 76.4. The van der Waals surface area contributed by atoms with E-state index in [2.05, 4.69) is 130 Å². The van der Waals surface area contributed by atoms with E-state index in [1.54, 1.807) is 0 Å². The first kappa shape index (κ1) is 65.1. The molecule has 69 heavy (non-hydrogen) atoms. The quantitative estimate of drug-likeness (QED) is 0.0262. The number of ether oxygens (including phenoxy) is 3. The van der Waals surface area contributed by atoms with Crippen LogP contribution in [0.25, 0.3) is 0 Å². The minimum Gasteiger partial charge on any atom is -0.462 e.